The molecular formula is C43H41N3O9. The molecule has 282 valence electrons. The van der Waals surface area contributed by atoms with Crippen LogP contribution in [0.25, 0.3) is 0 Å². The summed E-state index contributed by atoms with van der Waals surface area (Å²) in [6.07, 6.45) is 8.07. The number of nitrogen functional groups attached to an aromatic ring is 1. The summed E-state index contributed by atoms with van der Waals surface area (Å²) in [6.45, 7) is 0.988. The normalized spacial score (nSPS) is 10.0. The number of methoxy groups -OCH3 is 2. The van der Waals surface area contributed by atoms with Crippen molar-refractivity contribution in [2.45, 2.75) is 26.1 Å². The highest BCUT2D eigenvalue weighted by Crippen LogP contribution is 2.18. The number of aryl methyl sites for hydroxylation is 2. The van der Waals surface area contributed by atoms with Crippen LogP contribution >= 0.6 is 0 Å². The van der Waals surface area contributed by atoms with Crippen molar-refractivity contribution >= 4 is 23.9 Å². The van der Waals surface area contributed by atoms with Crippen LogP contribution in [0.3, 0.4) is 0 Å². The van der Waals surface area contributed by atoms with Crippen molar-refractivity contribution in [1.82, 2.24) is 9.97 Å². The van der Waals surface area contributed by atoms with Gasteiger partial charge in [0.05, 0.1) is 31.0 Å². The van der Waals surface area contributed by atoms with E-state index in [1.54, 1.807) is 50.7 Å². The maximum atomic E-state index is 11.0. The van der Waals surface area contributed by atoms with Gasteiger partial charge in [-0.05, 0) is 108 Å². The fraction of sp³-hybridized carbons (Fsp3) is 0.140. The lowest BCUT2D eigenvalue weighted by Gasteiger charge is -2.08. The molecular weight excluding hydrogens is 702 g/mol. The summed E-state index contributed by atoms with van der Waals surface area (Å²) < 4.78 is 21.6. The van der Waals surface area contributed by atoms with Gasteiger partial charge in [-0.15, -0.1) is 0 Å². The first-order valence-electron chi connectivity index (χ1n) is 16.9. The van der Waals surface area contributed by atoms with Crippen molar-refractivity contribution in [2.75, 3.05) is 20.0 Å². The van der Waals surface area contributed by atoms with Gasteiger partial charge in [-0.3, -0.25) is 14.8 Å². The number of aromatic nitrogens is 2. The summed E-state index contributed by atoms with van der Waals surface area (Å²) in [7, 11) is 3.28. The number of benzene rings is 4. The number of anilines is 1. The van der Waals surface area contributed by atoms with Crippen molar-refractivity contribution in [1.29, 1.82) is 0 Å². The molecule has 0 saturated heterocycles. The molecule has 0 aliphatic heterocycles. The fourth-order valence-corrected chi connectivity index (χ4v) is 4.78. The summed E-state index contributed by atoms with van der Waals surface area (Å²) in [5.41, 5.74) is 10.8. The third kappa shape index (κ3) is 14.0. The Bertz CT molecular complexity index is 2110. The van der Waals surface area contributed by atoms with Gasteiger partial charge in [-0.2, -0.15) is 0 Å². The quantitative estimate of drug-likeness (QED) is 0.0931. The van der Waals surface area contributed by atoms with E-state index in [-0.39, 0.29) is 11.1 Å². The van der Waals surface area contributed by atoms with Crippen LogP contribution < -0.4 is 24.7 Å². The molecule has 4 aromatic carbocycles. The lowest BCUT2D eigenvalue weighted by molar-refractivity contribution is 0.0685. The standard InChI is InChI=1S/C22H21NO4.C15H14O3.C6H6N2O2/c1-26-20-8-6-17(7-9-20)15-27-21-10-4-16(5-11-21)2-3-18-12-19(22(24)25)14-23-13-18;1-17-14-6-4-13(5-7-14)11-18-15-8-2-12(10-16)3-9-15;7-5-1-4(6(9)10)2-8-3-5/h4-14H,2-3,15H2,1H3,(H,24,25);2-10H,11H2,1H3;1-3H,7H2,(H,9,10). The van der Waals surface area contributed by atoms with Crippen molar-refractivity contribution in [3.63, 3.8) is 0 Å². The number of pyridine rings is 2. The van der Waals surface area contributed by atoms with Crippen LogP contribution in [-0.2, 0) is 26.1 Å². The number of hydrogen-bond acceptors (Lipinski definition) is 10. The zero-order valence-corrected chi connectivity index (χ0v) is 30.3. The number of nitrogens with two attached hydrogens (primary N) is 1. The van der Waals surface area contributed by atoms with Crippen LogP contribution in [0, 0.1) is 0 Å². The van der Waals surface area contributed by atoms with Crippen LogP contribution in [0.15, 0.2) is 134 Å². The van der Waals surface area contributed by atoms with Gasteiger partial charge in [0, 0.05) is 30.4 Å². The number of nitrogens with zero attached hydrogens (tertiary/aromatic N) is 2. The van der Waals surface area contributed by atoms with Gasteiger partial charge in [0.25, 0.3) is 0 Å². The molecule has 0 fully saturated rings. The van der Waals surface area contributed by atoms with Crippen LogP contribution in [0.5, 0.6) is 23.0 Å². The highest BCUT2D eigenvalue weighted by molar-refractivity contribution is 5.88. The lowest BCUT2D eigenvalue weighted by Crippen LogP contribution is -2.00. The molecule has 55 heavy (non-hydrogen) atoms. The molecule has 0 aliphatic carbocycles. The maximum absolute atomic E-state index is 11.0. The van der Waals surface area contributed by atoms with Crippen molar-refractivity contribution in [3.8, 4) is 23.0 Å². The number of hydrogen-bond donors (Lipinski definition) is 3. The van der Waals surface area contributed by atoms with Gasteiger partial charge in [-0.1, -0.05) is 36.4 Å². The highest BCUT2D eigenvalue weighted by atomic mass is 16.5. The first kappa shape index (κ1) is 40.6. The summed E-state index contributed by atoms with van der Waals surface area (Å²) in [6, 6.07) is 33.5. The molecule has 0 amide bonds. The molecule has 6 aromatic rings. The van der Waals surface area contributed by atoms with Gasteiger partial charge in [0.1, 0.15) is 42.5 Å². The zero-order valence-electron chi connectivity index (χ0n) is 30.3. The predicted octanol–water partition coefficient (Wildman–Crippen LogP) is 7.60. The molecule has 0 spiro atoms. The van der Waals surface area contributed by atoms with Crippen LogP contribution in [0.1, 0.15) is 53.3 Å². The Kier molecular flexibility index (Phi) is 15.7. The summed E-state index contributed by atoms with van der Waals surface area (Å²) >= 11 is 0. The van der Waals surface area contributed by atoms with Crippen LogP contribution in [0.2, 0.25) is 0 Å². The Morgan fingerprint density at radius 3 is 1.42 bits per heavy atom. The third-order valence-electron chi connectivity index (χ3n) is 7.82. The van der Waals surface area contributed by atoms with E-state index >= 15 is 0 Å². The summed E-state index contributed by atoms with van der Waals surface area (Å²) in [5.74, 6) is 1.24. The van der Waals surface area contributed by atoms with Gasteiger partial charge in [0.15, 0.2) is 0 Å². The number of carboxylic acid groups (broad SMARTS) is 2. The molecule has 4 N–H and O–H groups in total. The molecule has 0 atom stereocenters. The molecule has 12 nitrogen and oxygen atoms in total. The number of carbonyl (C=O) groups excluding carboxylic acids is 1. The minimum Gasteiger partial charge on any atom is -0.497 e. The van der Waals surface area contributed by atoms with E-state index in [4.69, 9.17) is 34.9 Å². The molecule has 6 rings (SSSR count). The Balaban J connectivity index is 0.000000205. The van der Waals surface area contributed by atoms with Crippen LogP contribution in [0.4, 0.5) is 5.69 Å². The molecule has 2 heterocycles. The first-order chi connectivity index (χ1) is 26.6. The number of aromatic carboxylic acids is 2. The van der Waals surface area contributed by atoms with E-state index in [2.05, 4.69) is 9.97 Å². The first-order valence-corrected chi connectivity index (χ1v) is 16.9. The number of ether oxygens (including phenoxy) is 4. The average Bonchev–Trinajstić information content (AvgIpc) is 3.23. The predicted molar refractivity (Wildman–Crippen MR) is 207 cm³/mol. The summed E-state index contributed by atoms with van der Waals surface area (Å²) in [5, 5.41) is 17.4. The second-order valence-corrected chi connectivity index (χ2v) is 11.8. The van der Waals surface area contributed by atoms with Crippen molar-refractivity contribution in [2.24, 2.45) is 0 Å². The zero-order chi connectivity index (χ0) is 39.4. The minimum absolute atomic E-state index is 0.111. The minimum atomic E-state index is -1.01. The molecule has 0 bridgehead atoms. The van der Waals surface area contributed by atoms with E-state index in [1.807, 2.05) is 72.8 Å². The molecule has 0 unspecified atom stereocenters. The maximum Gasteiger partial charge on any atom is 0.337 e. The fourth-order valence-electron chi connectivity index (χ4n) is 4.78. The number of carbonyl (C=O) groups is 3. The van der Waals surface area contributed by atoms with Gasteiger partial charge >= 0.3 is 11.9 Å². The molecule has 12 heteroatoms. The SMILES string of the molecule is COc1ccc(COc2ccc(C=O)cc2)cc1.COc1ccc(COc2ccc(CCc3cncc(C(=O)O)c3)cc2)cc1.Nc1cncc(C(=O)O)c1. The lowest BCUT2D eigenvalue weighted by atomic mass is 10.0. The number of rotatable bonds is 14. The summed E-state index contributed by atoms with van der Waals surface area (Å²) in [4.78, 5) is 39.4. The van der Waals surface area contributed by atoms with Crippen molar-refractivity contribution < 1.29 is 43.5 Å². The molecule has 0 radical (unpaired) electrons. The van der Waals surface area contributed by atoms with E-state index < -0.39 is 11.9 Å². The van der Waals surface area contributed by atoms with Crippen molar-refractivity contribution in [3.05, 3.63) is 173 Å². The highest BCUT2D eigenvalue weighted by Gasteiger charge is 2.05. The van der Waals surface area contributed by atoms with E-state index in [0.29, 0.717) is 24.5 Å². The smallest absolute Gasteiger partial charge is 0.337 e. The molecule has 2 aromatic heterocycles. The Labute approximate surface area is 318 Å². The van der Waals surface area contributed by atoms with E-state index in [1.165, 1.54) is 24.7 Å². The number of carboxylic acids is 2. The number of aldehydes is 1. The van der Waals surface area contributed by atoms with Gasteiger partial charge < -0.3 is 34.9 Å². The average molecular weight is 744 g/mol. The topological polar surface area (TPSA) is 180 Å². The molecule has 0 saturated carbocycles. The van der Waals surface area contributed by atoms with E-state index in [0.717, 1.165) is 64.4 Å². The van der Waals surface area contributed by atoms with Crippen LogP contribution in [-0.4, -0.2) is 52.6 Å². The third-order valence-corrected chi connectivity index (χ3v) is 7.82. The Morgan fingerprint density at radius 1 is 0.564 bits per heavy atom. The largest absolute Gasteiger partial charge is 0.497 e. The Hall–Kier alpha value is -7.21. The Morgan fingerprint density at radius 2 is 0.982 bits per heavy atom. The van der Waals surface area contributed by atoms with E-state index in [9.17, 15) is 14.4 Å². The van der Waals surface area contributed by atoms with Gasteiger partial charge in [-0.25, -0.2) is 9.59 Å². The molecule has 0 aliphatic rings. The second kappa shape index (κ2) is 21.3. The van der Waals surface area contributed by atoms with Gasteiger partial charge in [0.2, 0.25) is 0 Å². The monoisotopic (exact) mass is 743 g/mol. The second-order valence-electron chi connectivity index (χ2n) is 11.8.